The summed E-state index contributed by atoms with van der Waals surface area (Å²) in [5.74, 6) is 0.109. The molecule has 1 aliphatic rings. The summed E-state index contributed by atoms with van der Waals surface area (Å²) in [6, 6.07) is 9.73. The number of hydrogen-bond acceptors (Lipinski definition) is 4. The van der Waals surface area contributed by atoms with E-state index in [1.54, 1.807) is 37.4 Å². The number of hydrogen-bond donors (Lipinski definition) is 2. The first-order valence-electron chi connectivity index (χ1n) is 10.6. The number of fused-ring (bicyclic) bond motifs is 1. The van der Waals surface area contributed by atoms with Crippen molar-refractivity contribution in [2.75, 3.05) is 5.73 Å². The van der Waals surface area contributed by atoms with Crippen molar-refractivity contribution < 1.29 is 18.0 Å². The summed E-state index contributed by atoms with van der Waals surface area (Å²) in [6.45, 7) is 3.76. The van der Waals surface area contributed by atoms with Crippen LogP contribution in [0.2, 0.25) is 0 Å². The Morgan fingerprint density at radius 1 is 1.22 bits per heavy atom. The van der Waals surface area contributed by atoms with E-state index in [0.717, 1.165) is 42.4 Å². The Bertz CT molecular complexity index is 1160. The predicted molar refractivity (Wildman–Crippen MR) is 117 cm³/mol. The molecule has 3 aromatic rings. The van der Waals surface area contributed by atoms with Crippen molar-refractivity contribution in [1.82, 2.24) is 15.3 Å². The molecule has 2 atom stereocenters. The summed E-state index contributed by atoms with van der Waals surface area (Å²) in [5, 5.41) is 3.86. The van der Waals surface area contributed by atoms with Crippen molar-refractivity contribution in [3.05, 3.63) is 65.6 Å². The molecule has 3 N–H and O–H groups in total. The zero-order chi connectivity index (χ0) is 23.1. The van der Waals surface area contributed by atoms with Gasteiger partial charge in [-0.1, -0.05) is 25.8 Å². The number of nitrogens with one attached hydrogen (secondary N) is 1. The van der Waals surface area contributed by atoms with E-state index in [9.17, 15) is 18.0 Å². The number of carbonyl (C=O) groups is 1. The van der Waals surface area contributed by atoms with Gasteiger partial charge in [0.25, 0.3) is 5.91 Å². The fourth-order valence-electron chi connectivity index (χ4n) is 4.10. The molecular weight excluding hydrogens is 417 g/mol. The van der Waals surface area contributed by atoms with Gasteiger partial charge in [-0.2, -0.15) is 13.2 Å². The molecular formula is C24H25F3N4O. The Morgan fingerprint density at radius 2 is 1.97 bits per heavy atom. The van der Waals surface area contributed by atoms with E-state index >= 15 is 0 Å². The van der Waals surface area contributed by atoms with Gasteiger partial charge in [-0.3, -0.25) is 14.8 Å². The number of aromatic nitrogens is 2. The maximum absolute atomic E-state index is 13.2. The lowest BCUT2D eigenvalue weighted by atomic mass is 9.79. The number of anilines is 1. The largest absolute Gasteiger partial charge is 0.417 e. The van der Waals surface area contributed by atoms with Crippen LogP contribution in [0.3, 0.4) is 0 Å². The topological polar surface area (TPSA) is 80.9 Å². The normalized spacial score (nSPS) is 17.0. The van der Waals surface area contributed by atoms with Crippen molar-refractivity contribution in [3.8, 4) is 0 Å². The second-order valence-electron chi connectivity index (χ2n) is 8.81. The van der Waals surface area contributed by atoms with E-state index in [-0.39, 0.29) is 23.2 Å². The Hall–Kier alpha value is -3.16. The van der Waals surface area contributed by atoms with E-state index in [0.29, 0.717) is 11.5 Å². The molecule has 1 aromatic carbocycles. The van der Waals surface area contributed by atoms with E-state index in [2.05, 4.69) is 15.3 Å². The second kappa shape index (κ2) is 8.07. The number of halogens is 3. The highest BCUT2D eigenvalue weighted by Gasteiger charge is 2.41. The number of pyridine rings is 2. The quantitative estimate of drug-likeness (QED) is 0.542. The zero-order valence-corrected chi connectivity index (χ0v) is 17.9. The fraction of sp³-hybridized carbons (Fsp3) is 0.375. The molecule has 8 heteroatoms. The van der Waals surface area contributed by atoms with E-state index in [1.807, 2.05) is 13.0 Å². The van der Waals surface area contributed by atoms with Crippen molar-refractivity contribution >= 4 is 22.5 Å². The molecule has 0 bridgehead atoms. The highest BCUT2D eigenvalue weighted by atomic mass is 19.4. The van der Waals surface area contributed by atoms with Gasteiger partial charge in [-0.15, -0.1) is 0 Å². The van der Waals surface area contributed by atoms with Crippen LogP contribution in [0.1, 0.15) is 54.7 Å². The molecule has 1 amide bonds. The van der Waals surface area contributed by atoms with Crippen LogP contribution in [0.5, 0.6) is 0 Å². The van der Waals surface area contributed by atoms with Crippen LogP contribution in [0, 0.1) is 11.8 Å². The lowest BCUT2D eigenvalue weighted by Gasteiger charge is -2.37. The van der Waals surface area contributed by atoms with Gasteiger partial charge in [0, 0.05) is 23.3 Å². The van der Waals surface area contributed by atoms with Crippen LogP contribution in [-0.4, -0.2) is 15.9 Å². The number of rotatable bonds is 6. The minimum absolute atomic E-state index is 0.0898. The predicted octanol–water partition coefficient (Wildman–Crippen LogP) is 5.31. The Morgan fingerprint density at radius 3 is 2.62 bits per heavy atom. The molecule has 0 radical (unpaired) electrons. The molecule has 4 rings (SSSR count). The molecule has 2 unspecified atom stereocenters. The Balaban J connectivity index is 1.70. The van der Waals surface area contributed by atoms with Crippen molar-refractivity contribution in [2.45, 2.75) is 44.8 Å². The minimum atomic E-state index is -4.54. The lowest BCUT2D eigenvalue weighted by molar-refractivity contribution is -0.137. The van der Waals surface area contributed by atoms with E-state index in [1.165, 1.54) is 0 Å². The third-order valence-electron chi connectivity index (χ3n) is 6.34. The standard InChI is InChI=1S/C24H25F3N4O/c1-14(10-15-5-6-15)23(2,21-19(28)12-18(13-30-21)24(25,26)27)31-22(32)17-7-8-20-16(11-17)4-3-9-29-20/h3-4,7-9,11-15H,5-6,10,28H2,1-2H3,(H,31,32). The minimum Gasteiger partial charge on any atom is -0.397 e. The average molecular weight is 442 g/mol. The molecule has 1 aliphatic carbocycles. The molecule has 2 aromatic heterocycles. The maximum Gasteiger partial charge on any atom is 0.417 e. The van der Waals surface area contributed by atoms with Crippen molar-refractivity contribution in [2.24, 2.45) is 11.8 Å². The fourth-order valence-corrected chi connectivity index (χ4v) is 4.10. The lowest BCUT2D eigenvalue weighted by Crippen LogP contribution is -2.49. The van der Waals surface area contributed by atoms with E-state index < -0.39 is 17.3 Å². The molecule has 0 spiro atoms. The summed E-state index contributed by atoms with van der Waals surface area (Å²) < 4.78 is 39.4. The van der Waals surface area contributed by atoms with Crippen LogP contribution in [0.4, 0.5) is 18.9 Å². The highest BCUT2D eigenvalue weighted by Crippen LogP contribution is 2.43. The SMILES string of the molecule is CC(CC1CC1)C(C)(NC(=O)c1ccc2ncccc2c1)c1ncc(C(F)(F)F)cc1N. The van der Waals surface area contributed by atoms with Crippen molar-refractivity contribution in [1.29, 1.82) is 0 Å². The number of amides is 1. The van der Waals surface area contributed by atoms with Gasteiger partial charge in [0.2, 0.25) is 0 Å². The monoisotopic (exact) mass is 442 g/mol. The smallest absolute Gasteiger partial charge is 0.397 e. The summed E-state index contributed by atoms with van der Waals surface area (Å²) in [6.07, 6.45) is 0.960. The summed E-state index contributed by atoms with van der Waals surface area (Å²) in [5.41, 5.74) is 5.45. The molecule has 32 heavy (non-hydrogen) atoms. The molecule has 0 aliphatic heterocycles. The highest BCUT2D eigenvalue weighted by molar-refractivity contribution is 5.98. The van der Waals surface area contributed by atoms with Crippen molar-refractivity contribution in [3.63, 3.8) is 0 Å². The van der Waals surface area contributed by atoms with Crippen LogP contribution in [0.15, 0.2) is 48.8 Å². The van der Waals surface area contributed by atoms with E-state index in [4.69, 9.17) is 5.73 Å². The molecule has 168 valence electrons. The third kappa shape index (κ3) is 4.40. The first-order valence-corrected chi connectivity index (χ1v) is 10.6. The van der Waals surface area contributed by atoms with Gasteiger partial charge in [-0.05, 0) is 55.5 Å². The number of benzene rings is 1. The van der Waals surface area contributed by atoms with Crippen LogP contribution >= 0.6 is 0 Å². The van der Waals surface area contributed by atoms with Gasteiger partial charge in [-0.25, -0.2) is 0 Å². The maximum atomic E-state index is 13.2. The average Bonchev–Trinajstić information content (AvgIpc) is 3.56. The van der Waals surface area contributed by atoms with Crippen LogP contribution < -0.4 is 11.1 Å². The Labute approximate surface area is 184 Å². The second-order valence-corrected chi connectivity index (χ2v) is 8.81. The first kappa shape index (κ1) is 22.0. The number of nitrogen functional groups attached to an aromatic ring is 1. The van der Waals surface area contributed by atoms with Gasteiger partial charge in [0.05, 0.1) is 28.0 Å². The van der Waals surface area contributed by atoms with Gasteiger partial charge in [0.1, 0.15) is 0 Å². The molecule has 1 saturated carbocycles. The van der Waals surface area contributed by atoms with Gasteiger partial charge in [0.15, 0.2) is 0 Å². The number of nitrogens with zero attached hydrogens (tertiary/aromatic N) is 2. The summed E-state index contributed by atoms with van der Waals surface area (Å²) >= 11 is 0. The summed E-state index contributed by atoms with van der Waals surface area (Å²) in [4.78, 5) is 21.6. The first-order chi connectivity index (χ1) is 15.1. The Kier molecular flexibility index (Phi) is 5.56. The zero-order valence-electron chi connectivity index (χ0n) is 17.9. The molecule has 2 heterocycles. The number of nitrogens with two attached hydrogens (primary N) is 1. The third-order valence-corrected chi connectivity index (χ3v) is 6.34. The van der Waals surface area contributed by atoms with Gasteiger partial charge >= 0.3 is 6.18 Å². The number of alkyl halides is 3. The molecule has 1 fully saturated rings. The molecule has 0 saturated heterocycles. The van der Waals surface area contributed by atoms with Crippen LogP contribution in [-0.2, 0) is 11.7 Å². The number of carbonyl (C=O) groups excluding carboxylic acids is 1. The summed E-state index contributed by atoms with van der Waals surface area (Å²) in [7, 11) is 0. The molecule has 5 nitrogen and oxygen atoms in total. The van der Waals surface area contributed by atoms with Gasteiger partial charge < -0.3 is 11.1 Å². The van der Waals surface area contributed by atoms with Crippen LogP contribution in [0.25, 0.3) is 10.9 Å².